The first-order valence-electron chi connectivity index (χ1n) is 10.9. The summed E-state index contributed by atoms with van der Waals surface area (Å²) in [5, 5.41) is 5.66. The van der Waals surface area contributed by atoms with E-state index in [1.807, 2.05) is 30.3 Å². The molecule has 0 aliphatic carbocycles. The Hall–Kier alpha value is -2.68. The van der Waals surface area contributed by atoms with E-state index in [2.05, 4.69) is 17.2 Å². The molecule has 7 nitrogen and oxygen atoms in total. The van der Waals surface area contributed by atoms with Crippen LogP contribution in [0.1, 0.15) is 31.2 Å². The second kappa shape index (κ2) is 11.4. The van der Waals surface area contributed by atoms with Crippen LogP contribution in [-0.4, -0.2) is 43.7 Å². The van der Waals surface area contributed by atoms with Crippen molar-refractivity contribution < 1.29 is 18.0 Å². The average molecular weight is 490 g/mol. The molecule has 0 radical (unpaired) electrons. The van der Waals surface area contributed by atoms with Gasteiger partial charge in [-0.25, -0.2) is 8.42 Å². The number of aryl methyl sites for hydroxylation is 1. The van der Waals surface area contributed by atoms with Gasteiger partial charge in [-0.05, 0) is 55.5 Å². The Morgan fingerprint density at radius 3 is 2.58 bits per heavy atom. The standard InChI is InChI=1S/C24H28ClN3O4S/c1-2-23(29)26-19-9-6-15-28(16-14-19)33(31,32)22-12-11-20(17-21(22)25)27-24(30)13-10-18-7-4-3-5-8-18/h2-5,7-8,11-12,17,19H,1,6,9-10,13-16H2,(H,26,29)(H,27,30). The minimum atomic E-state index is -3.81. The molecular formula is C24H28ClN3O4S. The van der Waals surface area contributed by atoms with E-state index >= 15 is 0 Å². The van der Waals surface area contributed by atoms with Gasteiger partial charge in [0.05, 0.1) is 5.02 Å². The van der Waals surface area contributed by atoms with Crippen molar-refractivity contribution in [3.63, 3.8) is 0 Å². The summed E-state index contributed by atoms with van der Waals surface area (Å²) in [5.74, 6) is -0.439. The summed E-state index contributed by atoms with van der Waals surface area (Å²) in [4.78, 5) is 23.8. The van der Waals surface area contributed by atoms with Crippen LogP contribution in [0, 0.1) is 0 Å². The number of sulfonamides is 1. The Balaban J connectivity index is 1.62. The molecular weight excluding hydrogens is 462 g/mol. The van der Waals surface area contributed by atoms with Crippen molar-refractivity contribution in [3.8, 4) is 0 Å². The SMILES string of the molecule is C=CC(=O)NC1CCCN(S(=O)(=O)c2ccc(NC(=O)CCc3ccccc3)cc2Cl)CC1. The monoisotopic (exact) mass is 489 g/mol. The highest BCUT2D eigenvalue weighted by atomic mass is 35.5. The lowest BCUT2D eigenvalue weighted by Crippen LogP contribution is -2.36. The van der Waals surface area contributed by atoms with Crippen molar-refractivity contribution in [1.82, 2.24) is 9.62 Å². The van der Waals surface area contributed by atoms with Crippen LogP contribution in [-0.2, 0) is 26.0 Å². The molecule has 1 aliphatic heterocycles. The van der Waals surface area contributed by atoms with Gasteiger partial charge in [0.2, 0.25) is 21.8 Å². The van der Waals surface area contributed by atoms with Crippen LogP contribution >= 0.6 is 11.6 Å². The molecule has 0 saturated carbocycles. The summed E-state index contributed by atoms with van der Waals surface area (Å²) in [7, 11) is -3.81. The smallest absolute Gasteiger partial charge is 0.244 e. The summed E-state index contributed by atoms with van der Waals surface area (Å²) in [6.45, 7) is 4.06. The largest absolute Gasteiger partial charge is 0.350 e. The van der Waals surface area contributed by atoms with Crippen LogP contribution in [0.15, 0.2) is 66.1 Å². The van der Waals surface area contributed by atoms with Gasteiger partial charge in [-0.15, -0.1) is 0 Å². The summed E-state index contributed by atoms with van der Waals surface area (Å²) in [5.41, 5.74) is 1.51. The van der Waals surface area contributed by atoms with E-state index in [0.29, 0.717) is 44.3 Å². The Bertz CT molecular complexity index is 1110. The zero-order chi connectivity index (χ0) is 23.8. The topological polar surface area (TPSA) is 95.6 Å². The maximum atomic E-state index is 13.2. The van der Waals surface area contributed by atoms with Gasteiger partial charge in [0, 0.05) is 31.2 Å². The van der Waals surface area contributed by atoms with Crippen molar-refractivity contribution in [1.29, 1.82) is 0 Å². The van der Waals surface area contributed by atoms with Crippen LogP contribution in [0.3, 0.4) is 0 Å². The highest BCUT2D eigenvalue weighted by molar-refractivity contribution is 7.89. The predicted octanol–water partition coefficient (Wildman–Crippen LogP) is 3.76. The molecule has 2 N–H and O–H groups in total. The zero-order valence-electron chi connectivity index (χ0n) is 18.3. The van der Waals surface area contributed by atoms with Crippen LogP contribution in [0.5, 0.6) is 0 Å². The van der Waals surface area contributed by atoms with Gasteiger partial charge in [0.1, 0.15) is 4.90 Å². The molecule has 1 aliphatic rings. The van der Waals surface area contributed by atoms with Gasteiger partial charge in [-0.2, -0.15) is 4.31 Å². The summed E-state index contributed by atoms with van der Waals surface area (Å²) in [6.07, 6.45) is 3.93. The van der Waals surface area contributed by atoms with E-state index < -0.39 is 10.0 Å². The fraction of sp³-hybridized carbons (Fsp3) is 0.333. The van der Waals surface area contributed by atoms with Crippen LogP contribution in [0.4, 0.5) is 5.69 Å². The molecule has 0 spiro atoms. The molecule has 1 fully saturated rings. The van der Waals surface area contributed by atoms with Crippen molar-refractivity contribution in [3.05, 3.63) is 71.8 Å². The molecule has 1 heterocycles. The van der Waals surface area contributed by atoms with Crippen molar-refractivity contribution in [2.24, 2.45) is 0 Å². The molecule has 2 amide bonds. The van der Waals surface area contributed by atoms with Crippen LogP contribution in [0.2, 0.25) is 5.02 Å². The van der Waals surface area contributed by atoms with Gasteiger partial charge in [-0.3, -0.25) is 9.59 Å². The van der Waals surface area contributed by atoms with E-state index in [4.69, 9.17) is 11.6 Å². The van der Waals surface area contributed by atoms with Gasteiger partial charge >= 0.3 is 0 Å². The molecule has 1 saturated heterocycles. The Labute approximate surface area is 199 Å². The van der Waals surface area contributed by atoms with Crippen LogP contribution < -0.4 is 10.6 Å². The molecule has 176 valence electrons. The zero-order valence-corrected chi connectivity index (χ0v) is 19.9. The predicted molar refractivity (Wildman–Crippen MR) is 130 cm³/mol. The highest BCUT2D eigenvalue weighted by Gasteiger charge is 2.29. The van der Waals surface area contributed by atoms with E-state index in [1.54, 1.807) is 6.07 Å². The number of anilines is 1. The first kappa shape index (κ1) is 25.0. The molecule has 2 aromatic rings. The van der Waals surface area contributed by atoms with Crippen molar-refractivity contribution in [2.45, 2.75) is 43.0 Å². The van der Waals surface area contributed by atoms with Gasteiger partial charge < -0.3 is 10.6 Å². The lowest BCUT2D eigenvalue weighted by atomic mass is 10.1. The number of carbonyl (C=O) groups is 2. The Morgan fingerprint density at radius 1 is 1.12 bits per heavy atom. The Morgan fingerprint density at radius 2 is 1.88 bits per heavy atom. The Kier molecular flexibility index (Phi) is 8.66. The summed E-state index contributed by atoms with van der Waals surface area (Å²) < 4.78 is 27.8. The van der Waals surface area contributed by atoms with E-state index in [-0.39, 0.29) is 34.3 Å². The van der Waals surface area contributed by atoms with Crippen molar-refractivity contribution in [2.75, 3.05) is 18.4 Å². The van der Waals surface area contributed by atoms with E-state index in [9.17, 15) is 18.0 Å². The maximum Gasteiger partial charge on any atom is 0.244 e. The number of halogens is 1. The van der Waals surface area contributed by atoms with Crippen LogP contribution in [0.25, 0.3) is 0 Å². The summed E-state index contributed by atoms with van der Waals surface area (Å²) >= 11 is 6.32. The second-order valence-corrected chi connectivity index (χ2v) is 10.2. The molecule has 0 aromatic heterocycles. The molecule has 33 heavy (non-hydrogen) atoms. The fourth-order valence-corrected chi connectivity index (χ4v) is 5.78. The number of hydrogen-bond donors (Lipinski definition) is 2. The highest BCUT2D eigenvalue weighted by Crippen LogP contribution is 2.29. The molecule has 1 unspecified atom stereocenters. The molecule has 2 aromatic carbocycles. The van der Waals surface area contributed by atoms with Gasteiger partial charge in [0.15, 0.2) is 0 Å². The fourth-order valence-electron chi connectivity index (χ4n) is 3.77. The molecule has 9 heteroatoms. The van der Waals surface area contributed by atoms with E-state index in [1.165, 1.54) is 22.5 Å². The third-order valence-electron chi connectivity index (χ3n) is 5.54. The van der Waals surface area contributed by atoms with Crippen molar-refractivity contribution >= 4 is 39.1 Å². The first-order valence-corrected chi connectivity index (χ1v) is 12.7. The molecule has 0 bridgehead atoms. The number of nitrogens with one attached hydrogen (secondary N) is 2. The molecule has 1 atom stereocenters. The number of hydrogen-bond acceptors (Lipinski definition) is 4. The maximum absolute atomic E-state index is 13.2. The van der Waals surface area contributed by atoms with E-state index in [0.717, 1.165) is 5.56 Å². The number of carbonyl (C=O) groups excluding carboxylic acids is 2. The minimum absolute atomic E-state index is 0.0000262. The lowest BCUT2D eigenvalue weighted by Gasteiger charge is -2.21. The number of amides is 2. The quantitative estimate of drug-likeness (QED) is 0.552. The van der Waals surface area contributed by atoms with Gasteiger partial charge in [-0.1, -0.05) is 48.5 Å². The number of benzene rings is 2. The average Bonchev–Trinajstić information content (AvgIpc) is 3.04. The number of nitrogens with zero attached hydrogens (tertiary/aromatic N) is 1. The second-order valence-electron chi connectivity index (χ2n) is 7.92. The lowest BCUT2D eigenvalue weighted by molar-refractivity contribution is -0.117. The minimum Gasteiger partial charge on any atom is -0.350 e. The normalized spacial score (nSPS) is 17.1. The third-order valence-corrected chi connectivity index (χ3v) is 7.92. The number of rotatable bonds is 8. The first-order chi connectivity index (χ1) is 15.8. The molecule has 3 rings (SSSR count). The summed E-state index contributed by atoms with van der Waals surface area (Å²) in [6, 6.07) is 14.0. The van der Waals surface area contributed by atoms with Gasteiger partial charge in [0.25, 0.3) is 0 Å². The third kappa shape index (κ3) is 6.90.